The highest BCUT2D eigenvalue weighted by Gasteiger charge is 2.10. The molecule has 2 rings (SSSR count). The van der Waals surface area contributed by atoms with Crippen LogP contribution in [0.3, 0.4) is 0 Å². The Labute approximate surface area is 138 Å². The van der Waals surface area contributed by atoms with Gasteiger partial charge in [-0.05, 0) is 46.6 Å². The predicted molar refractivity (Wildman–Crippen MR) is 90.2 cm³/mol. The Balaban J connectivity index is 2.28. The zero-order chi connectivity index (χ0) is 15.4. The monoisotopic (exact) mass is 368 g/mol. The van der Waals surface area contributed by atoms with Gasteiger partial charge in [0.1, 0.15) is 5.75 Å². The summed E-state index contributed by atoms with van der Waals surface area (Å²) in [5, 5.41) is 4.02. The highest BCUT2D eigenvalue weighted by Crippen LogP contribution is 2.29. The molecule has 5 heteroatoms. The second-order valence-electron chi connectivity index (χ2n) is 5.17. The molecule has 0 fully saturated rings. The summed E-state index contributed by atoms with van der Waals surface area (Å²) in [5.74, 6) is 1.32. The number of hydrogen-bond donors (Lipinski definition) is 1. The molecule has 0 aliphatic rings. The highest BCUT2D eigenvalue weighted by molar-refractivity contribution is 9.10. The molecule has 0 radical (unpaired) electrons. The summed E-state index contributed by atoms with van der Waals surface area (Å²) in [6, 6.07) is 7.99. The standard InChI is InChI=1S/C16H18BrClN2O/c1-10(2)19-8-12-6-13(17)9-20-16(12)21-15-7-14(18)5-4-11(15)3/h4-7,9-10,19H,8H2,1-3H3. The Morgan fingerprint density at radius 1 is 1.33 bits per heavy atom. The van der Waals surface area contributed by atoms with Crippen molar-refractivity contribution in [2.24, 2.45) is 0 Å². The first kappa shape index (κ1) is 16.3. The lowest BCUT2D eigenvalue weighted by Gasteiger charge is -2.14. The van der Waals surface area contributed by atoms with E-state index in [1.165, 1.54) is 0 Å². The van der Waals surface area contributed by atoms with Crippen LogP contribution in [0, 0.1) is 6.92 Å². The molecule has 21 heavy (non-hydrogen) atoms. The van der Waals surface area contributed by atoms with Crippen molar-refractivity contribution in [1.29, 1.82) is 0 Å². The Kier molecular flexibility index (Phi) is 5.62. The van der Waals surface area contributed by atoms with Gasteiger partial charge in [0.05, 0.1) is 0 Å². The molecule has 0 unspecified atom stereocenters. The molecule has 3 nitrogen and oxygen atoms in total. The summed E-state index contributed by atoms with van der Waals surface area (Å²) >= 11 is 9.48. The summed E-state index contributed by atoms with van der Waals surface area (Å²) < 4.78 is 6.88. The van der Waals surface area contributed by atoms with Crippen LogP contribution in [0.2, 0.25) is 5.02 Å². The summed E-state index contributed by atoms with van der Waals surface area (Å²) in [7, 11) is 0. The zero-order valence-electron chi connectivity index (χ0n) is 12.3. The molecule has 0 spiro atoms. The van der Waals surface area contributed by atoms with Crippen molar-refractivity contribution in [3.63, 3.8) is 0 Å². The first-order valence-corrected chi connectivity index (χ1v) is 7.94. The number of nitrogens with one attached hydrogen (secondary N) is 1. The normalized spacial score (nSPS) is 11.0. The van der Waals surface area contributed by atoms with Gasteiger partial charge in [0.15, 0.2) is 0 Å². The van der Waals surface area contributed by atoms with Crippen LogP contribution in [-0.2, 0) is 6.54 Å². The van der Waals surface area contributed by atoms with Crippen LogP contribution in [0.1, 0.15) is 25.0 Å². The van der Waals surface area contributed by atoms with Crippen LogP contribution < -0.4 is 10.1 Å². The van der Waals surface area contributed by atoms with Crippen molar-refractivity contribution in [3.8, 4) is 11.6 Å². The lowest BCUT2D eigenvalue weighted by Crippen LogP contribution is -2.22. The van der Waals surface area contributed by atoms with Crippen LogP contribution in [0.25, 0.3) is 0 Å². The summed E-state index contributed by atoms with van der Waals surface area (Å²) in [6.45, 7) is 6.88. The molecule has 0 aliphatic heterocycles. The second-order valence-corrected chi connectivity index (χ2v) is 6.52. The van der Waals surface area contributed by atoms with E-state index in [1.54, 1.807) is 12.3 Å². The number of aryl methyl sites for hydroxylation is 1. The molecule has 112 valence electrons. The van der Waals surface area contributed by atoms with Gasteiger partial charge in [0.2, 0.25) is 5.88 Å². The van der Waals surface area contributed by atoms with Crippen molar-refractivity contribution in [3.05, 3.63) is 51.1 Å². The number of nitrogens with zero attached hydrogens (tertiary/aromatic N) is 1. The Hall–Kier alpha value is -1.10. The van der Waals surface area contributed by atoms with Gasteiger partial charge in [0.25, 0.3) is 0 Å². The number of ether oxygens (including phenoxy) is 1. The van der Waals surface area contributed by atoms with E-state index in [4.69, 9.17) is 16.3 Å². The van der Waals surface area contributed by atoms with Gasteiger partial charge in [-0.2, -0.15) is 0 Å². The second kappa shape index (κ2) is 7.25. The van der Waals surface area contributed by atoms with Crippen LogP contribution in [0.5, 0.6) is 11.6 Å². The Morgan fingerprint density at radius 3 is 2.81 bits per heavy atom. The number of hydrogen-bond acceptors (Lipinski definition) is 3. The number of halogens is 2. The predicted octanol–water partition coefficient (Wildman–Crippen LogP) is 5.10. The zero-order valence-corrected chi connectivity index (χ0v) is 14.6. The fourth-order valence-electron chi connectivity index (χ4n) is 1.79. The number of rotatable bonds is 5. The molecule has 0 saturated heterocycles. The van der Waals surface area contributed by atoms with E-state index in [9.17, 15) is 0 Å². The van der Waals surface area contributed by atoms with Crippen LogP contribution in [-0.4, -0.2) is 11.0 Å². The van der Waals surface area contributed by atoms with E-state index in [1.807, 2.05) is 25.1 Å². The van der Waals surface area contributed by atoms with Gasteiger partial charge in [-0.25, -0.2) is 4.98 Å². The summed E-state index contributed by atoms with van der Waals surface area (Å²) in [6.07, 6.45) is 1.73. The van der Waals surface area contributed by atoms with Crippen LogP contribution >= 0.6 is 27.5 Å². The molecule has 0 amide bonds. The fraction of sp³-hybridized carbons (Fsp3) is 0.312. The van der Waals surface area contributed by atoms with Crippen molar-refractivity contribution in [1.82, 2.24) is 10.3 Å². The van der Waals surface area contributed by atoms with Gasteiger partial charge in [-0.15, -0.1) is 0 Å². The smallest absolute Gasteiger partial charge is 0.223 e. The minimum atomic E-state index is 0.393. The van der Waals surface area contributed by atoms with E-state index in [2.05, 4.69) is 40.1 Å². The molecule has 2 aromatic rings. The lowest BCUT2D eigenvalue weighted by atomic mass is 10.2. The third-order valence-corrected chi connectivity index (χ3v) is 3.62. The maximum atomic E-state index is 6.03. The van der Waals surface area contributed by atoms with Gasteiger partial charge in [-0.3, -0.25) is 0 Å². The SMILES string of the molecule is Cc1ccc(Cl)cc1Oc1ncc(Br)cc1CNC(C)C. The average molecular weight is 370 g/mol. The summed E-state index contributed by atoms with van der Waals surface area (Å²) in [4.78, 5) is 4.37. The molecular formula is C16H18BrClN2O. The van der Waals surface area contributed by atoms with Gasteiger partial charge in [-0.1, -0.05) is 31.5 Å². The molecular weight excluding hydrogens is 352 g/mol. The van der Waals surface area contributed by atoms with Gasteiger partial charge < -0.3 is 10.1 Å². The minimum Gasteiger partial charge on any atom is -0.438 e. The first-order valence-electron chi connectivity index (χ1n) is 6.77. The van der Waals surface area contributed by atoms with E-state index >= 15 is 0 Å². The van der Waals surface area contributed by atoms with Crippen molar-refractivity contribution in [2.45, 2.75) is 33.4 Å². The fourth-order valence-corrected chi connectivity index (χ4v) is 2.33. The molecule has 0 atom stereocenters. The van der Waals surface area contributed by atoms with Crippen LogP contribution in [0.4, 0.5) is 0 Å². The molecule has 1 aromatic carbocycles. The van der Waals surface area contributed by atoms with E-state index in [0.717, 1.165) is 21.3 Å². The topological polar surface area (TPSA) is 34.1 Å². The molecule has 0 aliphatic carbocycles. The quantitative estimate of drug-likeness (QED) is 0.796. The van der Waals surface area contributed by atoms with Crippen molar-refractivity contribution >= 4 is 27.5 Å². The maximum absolute atomic E-state index is 6.03. The number of pyridine rings is 1. The molecule has 0 bridgehead atoms. The van der Waals surface area contributed by atoms with E-state index < -0.39 is 0 Å². The minimum absolute atomic E-state index is 0.393. The van der Waals surface area contributed by atoms with Crippen LogP contribution in [0.15, 0.2) is 34.9 Å². The molecule has 1 N–H and O–H groups in total. The van der Waals surface area contributed by atoms with E-state index in [-0.39, 0.29) is 0 Å². The van der Waals surface area contributed by atoms with Crippen molar-refractivity contribution < 1.29 is 4.74 Å². The number of aromatic nitrogens is 1. The Bertz CT molecular complexity index is 632. The molecule has 1 aromatic heterocycles. The lowest BCUT2D eigenvalue weighted by molar-refractivity contribution is 0.447. The van der Waals surface area contributed by atoms with Crippen molar-refractivity contribution in [2.75, 3.05) is 0 Å². The largest absolute Gasteiger partial charge is 0.438 e. The average Bonchev–Trinajstić information content (AvgIpc) is 2.43. The molecule has 1 heterocycles. The molecule has 0 saturated carbocycles. The van der Waals surface area contributed by atoms with Gasteiger partial charge in [0, 0.05) is 33.8 Å². The first-order chi connectivity index (χ1) is 9.95. The Morgan fingerprint density at radius 2 is 2.10 bits per heavy atom. The third-order valence-electron chi connectivity index (χ3n) is 2.95. The van der Waals surface area contributed by atoms with E-state index in [0.29, 0.717) is 23.5 Å². The van der Waals surface area contributed by atoms with Gasteiger partial charge >= 0.3 is 0 Å². The highest BCUT2D eigenvalue weighted by atomic mass is 79.9. The number of benzene rings is 1. The summed E-state index contributed by atoms with van der Waals surface area (Å²) in [5.41, 5.74) is 2.02. The maximum Gasteiger partial charge on any atom is 0.223 e. The third kappa shape index (κ3) is 4.70.